The van der Waals surface area contributed by atoms with Crippen LogP contribution in [0.25, 0.3) is 0 Å². The van der Waals surface area contributed by atoms with Crippen LogP contribution >= 0.6 is 0 Å². The number of rotatable bonds is 12. The Hall–Kier alpha value is -0.720. The molecular formula is C26H52N6O12. The van der Waals surface area contributed by atoms with Crippen LogP contribution in [-0.4, -0.2) is 167 Å². The zero-order valence-electron chi connectivity index (χ0n) is 24.9. The van der Waals surface area contributed by atoms with Gasteiger partial charge in [0.15, 0.2) is 18.9 Å². The first-order valence-electron chi connectivity index (χ1n) is 15.2. The van der Waals surface area contributed by atoms with Crippen molar-refractivity contribution >= 4 is 0 Å². The molecule has 0 aromatic rings. The maximum absolute atomic E-state index is 11.2. The van der Waals surface area contributed by atoms with Gasteiger partial charge in [0.1, 0.15) is 48.8 Å². The molecule has 18 nitrogen and oxygen atoms in total. The van der Waals surface area contributed by atoms with Gasteiger partial charge in [0.2, 0.25) is 0 Å². The van der Waals surface area contributed by atoms with Gasteiger partial charge in [0.05, 0.1) is 37.5 Å². The smallest absolute Gasteiger partial charge is 0.187 e. The van der Waals surface area contributed by atoms with Crippen LogP contribution in [0.2, 0.25) is 0 Å². The Balaban J connectivity index is 1.46. The van der Waals surface area contributed by atoms with Crippen molar-refractivity contribution in [3.8, 4) is 0 Å². The van der Waals surface area contributed by atoms with Crippen molar-refractivity contribution in [1.29, 1.82) is 0 Å². The standard InChI is InChI=1S/C26H52N6O12/c1-9(32-4-5-33)13-3-2-10(28)24(39-13)42-21-12(30)6-11(29)17(35)23(21)44-26-20(38)22(15(8-34)41-26)43-25-16(31)19(37)18(36)14(7-27)40-25/h9-26,32-38H,2-8,27-31H2,1H3/t9-,10+,11+,12-,13-,14-,15+,16+,17-,18+,19+,20+,21+,22+,23+,24+,25?,26-/m0/s1. The highest BCUT2D eigenvalue weighted by Gasteiger charge is 2.53. The van der Waals surface area contributed by atoms with Crippen molar-refractivity contribution in [2.45, 2.75) is 136 Å². The molecule has 17 N–H and O–H groups in total. The summed E-state index contributed by atoms with van der Waals surface area (Å²) in [7, 11) is 0. The van der Waals surface area contributed by atoms with Crippen molar-refractivity contribution in [2.75, 3.05) is 26.3 Å². The molecule has 4 aliphatic rings. The van der Waals surface area contributed by atoms with Gasteiger partial charge in [-0.1, -0.05) is 0 Å². The molecule has 4 rings (SSSR count). The van der Waals surface area contributed by atoms with Gasteiger partial charge in [-0.3, -0.25) is 0 Å². The second-order valence-corrected chi connectivity index (χ2v) is 12.2. The average molecular weight is 641 g/mol. The third-order valence-corrected chi connectivity index (χ3v) is 8.97. The van der Waals surface area contributed by atoms with E-state index in [1.54, 1.807) is 0 Å². The summed E-state index contributed by atoms with van der Waals surface area (Å²) in [6, 6.07) is -3.33. The number of nitrogens with one attached hydrogen (secondary N) is 1. The van der Waals surface area contributed by atoms with E-state index >= 15 is 0 Å². The quantitative estimate of drug-likeness (QED) is 0.0942. The van der Waals surface area contributed by atoms with Crippen LogP contribution in [0.3, 0.4) is 0 Å². The molecular weight excluding hydrogens is 588 g/mol. The van der Waals surface area contributed by atoms with Gasteiger partial charge in [0, 0.05) is 31.2 Å². The Kier molecular flexibility index (Phi) is 13.1. The predicted molar refractivity (Wildman–Crippen MR) is 151 cm³/mol. The fraction of sp³-hybridized carbons (Fsp3) is 1.00. The van der Waals surface area contributed by atoms with E-state index in [0.29, 0.717) is 19.4 Å². The molecule has 3 heterocycles. The topological polar surface area (TPSA) is 319 Å². The maximum atomic E-state index is 11.2. The summed E-state index contributed by atoms with van der Waals surface area (Å²) in [5.41, 5.74) is 30.6. The molecule has 0 amide bonds. The summed E-state index contributed by atoms with van der Waals surface area (Å²) in [6.07, 6.45) is -13.7. The van der Waals surface area contributed by atoms with Crippen molar-refractivity contribution < 1.29 is 59.1 Å². The summed E-state index contributed by atoms with van der Waals surface area (Å²) in [5, 5.41) is 65.1. The van der Waals surface area contributed by atoms with E-state index in [1.165, 1.54) is 0 Å². The lowest BCUT2D eigenvalue weighted by Crippen LogP contribution is -2.65. The zero-order valence-corrected chi connectivity index (χ0v) is 24.9. The van der Waals surface area contributed by atoms with Crippen LogP contribution in [0.5, 0.6) is 0 Å². The van der Waals surface area contributed by atoms with E-state index in [0.717, 1.165) is 0 Å². The average Bonchev–Trinajstić information content (AvgIpc) is 3.30. The lowest BCUT2D eigenvalue weighted by Gasteiger charge is -2.46. The van der Waals surface area contributed by atoms with E-state index in [-0.39, 0.29) is 31.7 Å². The summed E-state index contributed by atoms with van der Waals surface area (Å²) in [6.45, 7) is 1.55. The zero-order chi connectivity index (χ0) is 32.3. The number of hydrogen-bond donors (Lipinski definition) is 12. The summed E-state index contributed by atoms with van der Waals surface area (Å²) in [4.78, 5) is 0. The minimum atomic E-state index is -1.54. The predicted octanol–water partition coefficient (Wildman–Crippen LogP) is -6.83. The molecule has 0 bridgehead atoms. The van der Waals surface area contributed by atoms with Crippen molar-refractivity contribution in [2.24, 2.45) is 28.7 Å². The third kappa shape index (κ3) is 7.87. The number of aliphatic hydroxyl groups is 6. The summed E-state index contributed by atoms with van der Waals surface area (Å²) >= 11 is 0. The molecule has 1 unspecified atom stereocenters. The Morgan fingerprint density at radius 1 is 0.727 bits per heavy atom. The first kappa shape index (κ1) is 36.1. The van der Waals surface area contributed by atoms with Gasteiger partial charge >= 0.3 is 0 Å². The minimum Gasteiger partial charge on any atom is -0.395 e. The van der Waals surface area contributed by atoms with Crippen LogP contribution in [0, 0.1) is 0 Å². The monoisotopic (exact) mass is 640 g/mol. The Bertz CT molecular complexity index is 885. The molecule has 18 atom stereocenters. The van der Waals surface area contributed by atoms with Gasteiger partial charge in [0.25, 0.3) is 0 Å². The highest BCUT2D eigenvalue weighted by Crippen LogP contribution is 2.34. The second kappa shape index (κ2) is 15.9. The Morgan fingerprint density at radius 2 is 1.39 bits per heavy atom. The van der Waals surface area contributed by atoms with Crippen LogP contribution in [0.4, 0.5) is 0 Å². The lowest BCUT2D eigenvalue weighted by molar-refractivity contribution is -0.290. The number of aliphatic hydroxyl groups excluding tert-OH is 6. The molecule has 3 saturated heterocycles. The van der Waals surface area contributed by atoms with Crippen LogP contribution in [-0.2, 0) is 28.4 Å². The van der Waals surface area contributed by atoms with Gasteiger partial charge in [-0.2, -0.15) is 0 Å². The summed E-state index contributed by atoms with van der Waals surface area (Å²) in [5.74, 6) is 0. The van der Waals surface area contributed by atoms with Gasteiger partial charge < -0.3 is 93.0 Å². The lowest BCUT2D eigenvalue weighted by atomic mass is 9.84. The molecule has 3 aliphatic heterocycles. The maximum Gasteiger partial charge on any atom is 0.187 e. The molecule has 0 spiro atoms. The van der Waals surface area contributed by atoms with Crippen LogP contribution in [0.1, 0.15) is 26.2 Å². The van der Waals surface area contributed by atoms with E-state index in [9.17, 15) is 25.5 Å². The molecule has 0 aromatic heterocycles. The molecule has 1 aliphatic carbocycles. The largest absolute Gasteiger partial charge is 0.395 e. The molecule has 44 heavy (non-hydrogen) atoms. The number of hydrogen-bond acceptors (Lipinski definition) is 18. The van der Waals surface area contributed by atoms with Crippen LogP contribution < -0.4 is 34.0 Å². The van der Waals surface area contributed by atoms with Crippen molar-refractivity contribution in [3.63, 3.8) is 0 Å². The van der Waals surface area contributed by atoms with Crippen molar-refractivity contribution in [3.05, 3.63) is 0 Å². The Labute approximate surface area is 256 Å². The highest BCUT2D eigenvalue weighted by molar-refractivity contribution is 5.01. The minimum absolute atomic E-state index is 0.0253. The first-order chi connectivity index (χ1) is 20.9. The number of ether oxygens (including phenoxy) is 6. The molecule has 4 fully saturated rings. The molecule has 18 heteroatoms. The van der Waals surface area contributed by atoms with E-state index in [4.69, 9.17) is 62.2 Å². The fourth-order valence-corrected chi connectivity index (χ4v) is 6.23. The highest BCUT2D eigenvalue weighted by atomic mass is 16.8. The number of nitrogens with two attached hydrogens (primary N) is 5. The summed E-state index contributed by atoms with van der Waals surface area (Å²) < 4.78 is 35.8. The van der Waals surface area contributed by atoms with E-state index < -0.39 is 105 Å². The molecule has 0 aromatic carbocycles. The molecule has 258 valence electrons. The van der Waals surface area contributed by atoms with E-state index in [2.05, 4.69) is 5.32 Å². The van der Waals surface area contributed by atoms with Gasteiger partial charge in [-0.05, 0) is 26.2 Å². The van der Waals surface area contributed by atoms with E-state index in [1.807, 2.05) is 6.92 Å². The fourth-order valence-electron chi connectivity index (χ4n) is 6.23. The van der Waals surface area contributed by atoms with Crippen LogP contribution in [0.15, 0.2) is 0 Å². The van der Waals surface area contributed by atoms with Gasteiger partial charge in [-0.15, -0.1) is 0 Å². The normalized spacial score (nSPS) is 49.2. The van der Waals surface area contributed by atoms with Crippen molar-refractivity contribution in [1.82, 2.24) is 5.32 Å². The Morgan fingerprint density at radius 3 is 2.05 bits per heavy atom. The SMILES string of the molecule is C[C@H](NCCO)[C@@H]1CC[C@@H](N)[C@@H](O[C@H]2[C@H](O[C@@H]3O[C@H](CO)[C@@H](OC4O[C@@H](CN)[C@@H](O)[C@H](O)[C@H]4N)[C@H]3O)[C@@H](O)[C@H](N)C[C@@H]2N)O1. The third-order valence-electron chi connectivity index (χ3n) is 8.97. The first-order valence-corrected chi connectivity index (χ1v) is 15.2. The second-order valence-electron chi connectivity index (χ2n) is 12.2. The van der Waals surface area contributed by atoms with Gasteiger partial charge in [-0.25, -0.2) is 0 Å². The molecule has 1 saturated carbocycles. The molecule has 0 radical (unpaired) electrons.